The Bertz CT molecular complexity index is 1120. The highest BCUT2D eigenvalue weighted by molar-refractivity contribution is 6.33. The Hall–Kier alpha value is -2.34. The molecule has 2 N–H and O–H groups in total. The number of aliphatic carboxylic acids is 1. The highest BCUT2D eigenvalue weighted by Crippen LogP contribution is 2.55. The number of hydrogen-bond donors (Lipinski definition) is 2. The van der Waals surface area contributed by atoms with Crippen LogP contribution in [0.1, 0.15) is 99.1 Å². The van der Waals surface area contributed by atoms with Crippen LogP contribution in [0, 0.1) is 30.6 Å². The van der Waals surface area contributed by atoms with Crippen molar-refractivity contribution in [2.75, 3.05) is 5.32 Å². The van der Waals surface area contributed by atoms with E-state index in [4.69, 9.17) is 16.1 Å². The number of nitrogens with one attached hydrogen (secondary N) is 1. The van der Waals surface area contributed by atoms with E-state index in [1.165, 1.54) is 12.0 Å². The molecule has 0 aliphatic heterocycles. The number of carboxylic acids is 1. The van der Waals surface area contributed by atoms with Gasteiger partial charge in [-0.05, 0) is 87.3 Å². The molecule has 2 aromatic rings. The quantitative estimate of drug-likeness (QED) is 0.413. The van der Waals surface area contributed by atoms with Crippen LogP contribution in [0.4, 0.5) is 5.69 Å². The topological polar surface area (TPSA) is 92.4 Å². The Morgan fingerprint density at radius 2 is 1.91 bits per heavy atom. The van der Waals surface area contributed by atoms with E-state index in [9.17, 15) is 14.7 Å². The van der Waals surface area contributed by atoms with Crippen LogP contribution in [-0.2, 0) is 9.59 Å². The summed E-state index contributed by atoms with van der Waals surface area (Å²) in [5, 5.41) is 17.7. The number of hydrogen-bond acceptors (Lipinski definition) is 4. The molecule has 0 saturated heterocycles. The number of halogens is 1. The number of amides is 1. The third-order valence-electron chi connectivity index (χ3n) is 8.16. The van der Waals surface area contributed by atoms with Gasteiger partial charge in [0.25, 0.3) is 0 Å². The van der Waals surface area contributed by atoms with Gasteiger partial charge in [0.1, 0.15) is 5.76 Å². The van der Waals surface area contributed by atoms with Gasteiger partial charge in [0.05, 0.1) is 22.3 Å². The molecule has 0 bridgehead atoms. The minimum absolute atomic E-state index is 0.198. The maximum absolute atomic E-state index is 13.4. The lowest BCUT2D eigenvalue weighted by atomic mass is 9.69. The van der Waals surface area contributed by atoms with Gasteiger partial charge in [0.15, 0.2) is 0 Å². The molecule has 188 valence electrons. The Labute approximate surface area is 211 Å². The number of aryl methyl sites for hydroxylation is 1. The molecule has 3 saturated carbocycles. The van der Waals surface area contributed by atoms with Gasteiger partial charge >= 0.3 is 5.97 Å². The number of anilines is 1. The van der Waals surface area contributed by atoms with Gasteiger partial charge in [-0.2, -0.15) is 0 Å². The molecule has 3 atom stereocenters. The number of rotatable bonds is 8. The summed E-state index contributed by atoms with van der Waals surface area (Å²) in [4.78, 5) is 25.4. The summed E-state index contributed by atoms with van der Waals surface area (Å²) in [6.45, 7) is 6.48. The average molecular weight is 499 g/mol. The van der Waals surface area contributed by atoms with Crippen molar-refractivity contribution in [2.45, 2.75) is 83.5 Å². The summed E-state index contributed by atoms with van der Waals surface area (Å²) in [7, 11) is 0. The molecule has 3 aliphatic rings. The molecule has 7 heteroatoms. The van der Waals surface area contributed by atoms with Crippen molar-refractivity contribution in [1.82, 2.24) is 5.16 Å². The van der Waals surface area contributed by atoms with Gasteiger partial charge in [0.2, 0.25) is 5.91 Å². The molecule has 1 aromatic heterocycles. The second-order valence-corrected chi connectivity index (χ2v) is 11.9. The van der Waals surface area contributed by atoms with Gasteiger partial charge in [-0.1, -0.05) is 36.7 Å². The van der Waals surface area contributed by atoms with Crippen LogP contribution in [0.5, 0.6) is 0 Å². The molecule has 3 fully saturated rings. The lowest BCUT2D eigenvalue weighted by Crippen LogP contribution is -2.26. The number of carbonyl (C=O) groups excluding carboxylic acids is 1. The summed E-state index contributed by atoms with van der Waals surface area (Å²) in [6, 6.07) is 5.50. The van der Waals surface area contributed by atoms with Crippen molar-refractivity contribution in [3.8, 4) is 0 Å². The van der Waals surface area contributed by atoms with Crippen molar-refractivity contribution >= 4 is 29.2 Å². The first-order valence-corrected chi connectivity index (χ1v) is 13.4. The maximum atomic E-state index is 13.4. The standard InChI is InChI=1S/C28H35ClN2O4/c1-14(2)8-16-10-18(11-16)26-24(17-5-6-17)25(31-35-26)20-12-19(28(33)34)13-21(20)27(32)30-23-7-4-15(3)9-22(23)29/h4,7,9,14,16-21H,5-6,8,10-13H2,1-3H3,(H,30,32)(H,33,34)/t16?,18?,19?,20-,21-/m1/s1. The molecular weight excluding hydrogens is 464 g/mol. The zero-order chi connectivity index (χ0) is 24.9. The number of carbonyl (C=O) groups is 2. The number of carboxylic acid groups (broad SMARTS) is 1. The number of aromatic nitrogens is 1. The molecule has 3 aliphatic carbocycles. The van der Waals surface area contributed by atoms with Crippen LogP contribution in [0.3, 0.4) is 0 Å². The average Bonchev–Trinajstić information content (AvgIpc) is 3.35. The Kier molecular flexibility index (Phi) is 6.69. The summed E-state index contributed by atoms with van der Waals surface area (Å²) < 4.78 is 5.99. The molecule has 1 aromatic carbocycles. The van der Waals surface area contributed by atoms with Gasteiger partial charge in [-0.15, -0.1) is 0 Å². The van der Waals surface area contributed by atoms with Crippen LogP contribution >= 0.6 is 11.6 Å². The number of nitrogens with zero attached hydrogens (tertiary/aromatic N) is 1. The Morgan fingerprint density at radius 3 is 2.54 bits per heavy atom. The zero-order valence-electron chi connectivity index (χ0n) is 20.7. The lowest BCUT2D eigenvalue weighted by molar-refractivity contribution is -0.141. The SMILES string of the molecule is Cc1ccc(NC(=O)[C@@H]2CC(C(=O)O)C[C@H]2c2noc(C3CC(CC(C)C)C3)c2C2CC2)c(Cl)c1. The molecular formula is C28H35ClN2O4. The van der Waals surface area contributed by atoms with Crippen molar-refractivity contribution in [2.24, 2.45) is 23.7 Å². The van der Waals surface area contributed by atoms with E-state index in [1.54, 1.807) is 6.07 Å². The van der Waals surface area contributed by atoms with E-state index in [0.717, 1.165) is 48.6 Å². The van der Waals surface area contributed by atoms with Gasteiger partial charge in [-0.25, -0.2) is 0 Å². The third kappa shape index (κ3) is 5.00. The first kappa shape index (κ1) is 24.4. The fourth-order valence-corrected chi connectivity index (χ4v) is 6.54. The summed E-state index contributed by atoms with van der Waals surface area (Å²) in [5.74, 6) is 0.877. The molecule has 35 heavy (non-hydrogen) atoms. The van der Waals surface area contributed by atoms with E-state index in [2.05, 4.69) is 24.3 Å². The lowest BCUT2D eigenvalue weighted by Gasteiger charge is -2.35. The Morgan fingerprint density at radius 1 is 1.17 bits per heavy atom. The predicted molar refractivity (Wildman–Crippen MR) is 135 cm³/mol. The molecule has 1 unspecified atom stereocenters. The largest absolute Gasteiger partial charge is 0.481 e. The minimum Gasteiger partial charge on any atom is -0.481 e. The predicted octanol–water partition coefficient (Wildman–Crippen LogP) is 6.89. The smallest absolute Gasteiger partial charge is 0.306 e. The third-order valence-corrected chi connectivity index (χ3v) is 8.48. The zero-order valence-corrected chi connectivity index (χ0v) is 21.5. The maximum Gasteiger partial charge on any atom is 0.306 e. The monoisotopic (exact) mass is 498 g/mol. The van der Waals surface area contributed by atoms with E-state index in [1.807, 2.05) is 19.1 Å². The molecule has 5 rings (SSSR count). The van der Waals surface area contributed by atoms with Crippen molar-refractivity contribution in [3.05, 3.63) is 45.8 Å². The second-order valence-electron chi connectivity index (χ2n) is 11.5. The van der Waals surface area contributed by atoms with Crippen molar-refractivity contribution in [3.63, 3.8) is 0 Å². The molecule has 1 amide bonds. The fraction of sp³-hybridized carbons (Fsp3) is 0.607. The highest BCUT2D eigenvalue weighted by Gasteiger charge is 2.48. The first-order chi connectivity index (χ1) is 16.7. The van der Waals surface area contributed by atoms with Crippen molar-refractivity contribution in [1.29, 1.82) is 0 Å². The molecule has 6 nitrogen and oxygen atoms in total. The van der Waals surface area contributed by atoms with E-state index in [0.29, 0.717) is 41.3 Å². The number of benzene rings is 1. The van der Waals surface area contributed by atoms with Gasteiger partial charge in [0, 0.05) is 23.3 Å². The van der Waals surface area contributed by atoms with Crippen LogP contribution in [0.15, 0.2) is 22.7 Å². The fourth-order valence-electron chi connectivity index (χ4n) is 6.25. The summed E-state index contributed by atoms with van der Waals surface area (Å²) in [6.07, 6.45) is 6.41. The first-order valence-electron chi connectivity index (χ1n) is 13.0. The summed E-state index contributed by atoms with van der Waals surface area (Å²) in [5.41, 5.74) is 3.57. The highest BCUT2D eigenvalue weighted by atomic mass is 35.5. The van der Waals surface area contributed by atoms with Gasteiger partial charge < -0.3 is 14.9 Å². The minimum atomic E-state index is -0.856. The van der Waals surface area contributed by atoms with E-state index >= 15 is 0 Å². The van der Waals surface area contributed by atoms with Crippen LogP contribution in [0.25, 0.3) is 0 Å². The van der Waals surface area contributed by atoms with Crippen LogP contribution in [-0.4, -0.2) is 22.1 Å². The van der Waals surface area contributed by atoms with E-state index < -0.39 is 17.8 Å². The van der Waals surface area contributed by atoms with Crippen LogP contribution < -0.4 is 5.32 Å². The Balaban J connectivity index is 1.40. The van der Waals surface area contributed by atoms with Crippen molar-refractivity contribution < 1.29 is 19.2 Å². The molecule has 1 heterocycles. The molecule has 0 radical (unpaired) electrons. The normalized spacial score (nSPS) is 28.2. The summed E-state index contributed by atoms with van der Waals surface area (Å²) >= 11 is 6.36. The molecule has 0 spiro atoms. The van der Waals surface area contributed by atoms with E-state index in [-0.39, 0.29) is 11.8 Å². The van der Waals surface area contributed by atoms with Crippen LogP contribution in [0.2, 0.25) is 5.02 Å². The second kappa shape index (κ2) is 9.61. The van der Waals surface area contributed by atoms with Gasteiger partial charge in [-0.3, -0.25) is 9.59 Å².